The first-order chi connectivity index (χ1) is 11.8. The van der Waals surface area contributed by atoms with Crippen LogP contribution in [0.2, 0.25) is 0 Å². The number of halogens is 1. The van der Waals surface area contributed by atoms with Gasteiger partial charge in [0, 0.05) is 12.1 Å². The zero-order valence-electron chi connectivity index (χ0n) is 14.4. The third kappa shape index (κ3) is 3.51. The van der Waals surface area contributed by atoms with Crippen molar-refractivity contribution in [1.29, 1.82) is 0 Å². The average Bonchev–Trinajstić information content (AvgIpc) is 2.91. The average molecular weight is 341 g/mol. The normalized spacial score (nSPS) is 12.4. The lowest BCUT2D eigenvalue weighted by molar-refractivity contribution is 0.134. The van der Waals surface area contributed by atoms with Gasteiger partial charge >= 0.3 is 0 Å². The van der Waals surface area contributed by atoms with Crippen molar-refractivity contribution in [2.45, 2.75) is 32.9 Å². The molecule has 7 heteroatoms. The van der Waals surface area contributed by atoms with Crippen molar-refractivity contribution in [1.82, 2.24) is 19.5 Å². The molecule has 0 bridgehead atoms. The van der Waals surface area contributed by atoms with Gasteiger partial charge in [-0.15, -0.1) is 0 Å². The van der Waals surface area contributed by atoms with Gasteiger partial charge in [-0.1, -0.05) is 12.1 Å². The van der Waals surface area contributed by atoms with E-state index in [9.17, 15) is 9.50 Å². The number of aliphatic hydroxyl groups is 1. The fourth-order valence-electron chi connectivity index (χ4n) is 2.54. The van der Waals surface area contributed by atoms with E-state index in [-0.39, 0.29) is 11.6 Å². The first-order valence-corrected chi connectivity index (χ1v) is 8.00. The minimum atomic E-state index is -0.981. The molecule has 0 atom stereocenters. The summed E-state index contributed by atoms with van der Waals surface area (Å²) < 4.78 is 15.4. The minimum absolute atomic E-state index is 0.241. The summed E-state index contributed by atoms with van der Waals surface area (Å²) in [6.45, 7) is 5.86. The second-order valence-corrected chi connectivity index (χ2v) is 6.32. The number of benzene rings is 1. The lowest BCUT2D eigenvalue weighted by Crippen LogP contribution is -2.13. The number of nitrogen functional groups attached to an aromatic ring is 1. The van der Waals surface area contributed by atoms with Gasteiger partial charge in [0.05, 0.1) is 5.60 Å². The minimum Gasteiger partial charge on any atom is -0.386 e. The van der Waals surface area contributed by atoms with E-state index in [1.165, 1.54) is 12.1 Å². The van der Waals surface area contributed by atoms with E-state index in [4.69, 9.17) is 5.73 Å². The summed E-state index contributed by atoms with van der Waals surface area (Å²) in [6, 6.07) is 6.23. The molecule has 0 aliphatic heterocycles. The summed E-state index contributed by atoms with van der Waals surface area (Å²) in [5.74, 6) is 0.874. The molecule has 0 unspecified atom stereocenters. The number of rotatable bonds is 4. The van der Waals surface area contributed by atoms with Gasteiger partial charge in [0.1, 0.15) is 11.6 Å². The first kappa shape index (κ1) is 17.0. The maximum Gasteiger partial charge on any atom is 0.166 e. The summed E-state index contributed by atoms with van der Waals surface area (Å²) >= 11 is 0. The molecule has 130 valence electrons. The summed E-state index contributed by atoms with van der Waals surface area (Å²) in [7, 11) is 0. The Kier molecular flexibility index (Phi) is 4.26. The van der Waals surface area contributed by atoms with Crippen LogP contribution in [0.5, 0.6) is 0 Å². The molecule has 0 aliphatic rings. The fraction of sp³-hybridized carbons (Fsp3) is 0.278. The van der Waals surface area contributed by atoms with Crippen LogP contribution in [0.25, 0.3) is 28.6 Å². The van der Waals surface area contributed by atoms with Crippen molar-refractivity contribution in [3.05, 3.63) is 42.0 Å². The molecule has 0 amide bonds. The number of nitrogens with zero attached hydrogens (tertiary/aromatic N) is 4. The molecule has 0 spiro atoms. The zero-order valence-corrected chi connectivity index (χ0v) is 14.4. The van der Waals surface area contributed by atoms with Crippen LogP contribution in [0, 0.1) is 5.82 Å². The molecule has 1 aromatic carbocycles. The molecule has 3 aromatic rings. The predicted octanol–water partition coefficient (Wildman–Crippen LogP) is 3.02. The zero-order chi connectivity index (χ0) is 18.2. The Morgan fingerprint density at radius 2 is 2.04 bits per heavy atom. The number of nitrogens with two attached hydrogens (primary N) is 1. The highest BCUT2D eigenvalue weighted by Gasteiger charge is 2.17. The number of anilines is 1. The van der Waals surface area contributed by atoms with Crippen molar-refractivity contribution in [2.75, 3.05) is 5.73 Å². The molecule has 3 N–H and O–H groups in total. The van der Waals surface area contributed by atoms with Crippen molar-refractivity contribution in [2.24, 2.45) is 0 Å². The van der Waals surface area contributed by atoms with Crippen molar-refractivity contribution < 1.29 is 9.50 Å². The Balaban J connectivity index is 2.19. The number of hydrogen-bond donors (Lipinski definition) is 2. The van der Waals surface area contributed by atoms with Crippen LogP contribution in [0.4, 0.5) is 10.2 Å². The van der Waals surface area contributed by atoms with Crippen molar-refractivity contribution >= 4 is 23.1 Å². The largest absolute Gasteiger partial charge is 0.386 e. The van der Waals surface area contributed by atoms with Gasteiger partial charge in [-0.2, -0.15) is 0 Å². The van der Waals surface area contributed by atoms with Crippen molar-refractivity contribution in [3.63, 3.8) is 0 Å². The number of aryl methyl sites for hydroxylation is 1. The predicted molar refractivity (Wildman–Crippen MR) is 96.1 cm³/mol. The Bertz CT molecular complexity index is 956. The van der Waals surface area contributed by atoms with Gasteiger partial charge in [-0.25, -0.2) is 19.3 Å². The van der Waals surface area contributed by atoms with Crippen LogP contribution in [0.15, 0.2) is 30.3 Å². The summed E-state index contributed by atoms with van der Waals surface area (Å²) in [4.78, 5) is 13.2. The Morgan fingerprint density at radius 3 is 2.68 bits per heavy atom. The third-order valence-electron chi connectivity index (χ3n) is 3.68. The van der Waals surface area contributed by atoms with E-state index >= 15 is 0 Å². The Hall–Kier alpha value is -2.80. The molecule has 0 saturated carbocycles. The second kappa shape index (κ2) is 6.25. The number of imidazole rings is 1. The van der Waals surface area contributed by atoms with Gasteiger partial charge < -0.3 is 15.4 Å². The number of hydrogen-bond acceptors (Lipinski definition) is 5. The standard InChI is InChI=1S/C18H20FN5O/c1-4-24-16(11-6-5-7-12(19)10-11)23-14-15(20)21-13(22-17(14)24)8-9-18(2,3)25/h5-10,25H,4H2,1-3H3,(H2,20,21,22)/b9-8-. The van der Waals surface area contributed by atoms with Crippen LogP contribution in [-0.2, 0) is 6.54 Å². The van der Waals surface area contributed by atoms with E-state index in [2.05, 4.69) is 15.0 Å². The lowest BCUT2D eigenvalue weighted by atomic mass is 10.1. The molecule has 0 saturated heterocycles. The van der Waals surface area contributed by atoms with E-state index in [0.717, 1.165) is 0 Å². The molecule has 25 heavy (non-hydrogen) atoms. The smallest absolute Gasteiger partial charge is 0.166 e. The molecular formula is C18H20FN5O. The Morgan fingerprint density at radius 1 is 1.28 bits per heavy atom. The lowest BCUT2D eigenvalue weighted by Gasteiger charge is -2.10. The van der Waals surface area contributed by atoms with Crippen LogP contribution in [-0.4, -0.2) is 30.2 Å². The number of aromatic nitrogens is 4. The summed E-state index contributed by atoms with van der Waals surface area (Å²) in [5, 5.41) is 9.81. The monoisotopic (exact) mass is 341 g/mol. The fourth-order valence-corrected chi connectivity index (χ4v) is 2.54. The highest BCUT2D eigenvalue weighted by atomic mass is 19.1. The second-order valence-electron chi connectivity index (χ2n) is 6.32. The van der Waals surface area contributed by atoms with E-state index in [0.29, 0.717) is 34.9 Å². The SMILES string of the molecule is CCn1c(-c2cccc(F)c2)nc2c(N)nc(/C=C\C(C)(C)O)nc21. The number of fused-ring (bicyclic) bond motifs is 1. The van der Waals surface area contributed by atoms with Crippen molar-refractivity contribution in [3.8, 4) is 11.4 Å². The molecular weight excluding hydrogens is 321 g/mol. The highest BCUT2D eigenvalue weighted by molar-refractivity contribution is 5.86. The molecule has 0 fully saturated rings. The van der Waals surface area contributed by atoms with E-state index in [1.807, 2.05) is 11.5 Å². The maximum absolute atomic E-state index is 13.6. The van der Waals surface area contributed by atoms with Gasteiger partial charge in [0.15, 0.2) is 22.8 Å². The molecule has 2 aromatic heterocycles. The van der Waals surface area contributed by atoms with E-state index < -0.39 is 5.60 Å². The van der Waals surface area contributed by atoms with Gasteiger partial charge in [0.25, 0.3) is 0 Å². The Labute approximate surface area is 144 Å². The van der Waals surface area contributed by atoms with Gasteiger partial charge in [0.2, 0.25) is 0 Å². The van der Waals surface area contributed by atoms with Crippen LogP contribution >= 0.6 is 0 Å². The van der Waals surface area contributed by atoms with E-state index in [1.54, 1.807) is 38.1 Å². The maximum atomic E-state index is 13.6. The van der Waals surface area contributed by atoms with Gasteiger partial charge in [-0.3, -0.25) is 0 Å². The van der Waals surface area contributed by atoms with Crippen LogP contribution in [0.1, 0.15) is 26.6 Å². The van der Waals surface area contributed by atoms with Crippen LogP contribution < -0.4 is 5.73 Å². The quantitative estimate of drug-likeness (QED) is 0.761. The van der Waals surface area contributed by atoms with Gasteiger partial charge in [-0.05, 0) is 45.1 Å². The topological polar surface area (TPSA) is 89.9 Å². The molecule has 6 nitrogen and oxygen atoms in total. The first-order valence-electron chi connectivity index (χ1n) is 8.00. The van der Waals surface area contributed by atoms with Crippen LogP contribution in [0.3, 0.4) is 0 Å². The molecule has 3 rings (SSSR count). The highest BCUT2D eigenvalue weighted by Crippen LogP contribution is 2.27. The third-order valence-corrected chi connectivity index (χ3v) is 3.68. The summed E-state index contributed by atoms with van der Waals surface area (Å²) in [6.07, 6.45) is 3.21. The summed E-state index contributed by atoms with van der Waals surface area (Å²) in [5.41, 5.74) is 6.76. The molecule has 2 heterocycles. The molecule has 0 radical (unpaired) electrons. The molecule has 0 aliphatic carbocycles.